The van der Waals surface area contributed by atoms with E-state index in [4.69, 9.17) is 5.73 Å². The molecule has 0 aromatic carbocycles. The molecule has 2 rings (SSSR count). The lowest BCUT2D eigenvalue weighted by molar-refractivity contribution is 0.588. The van der Waals surface area contributed by atoms with Gasteiger partial charge < -0.3 is 10.3 Å². The molecule has 0 radical (unpaired) electrons. The van der Waals surface area contributed by atoms with E-state index in [1.807, 2.05) is 29.8 Å². The van der Waals surface area contributed by atoms with Crippen LogP contribution in [-0.2, 0) is 0 Å². The number of halogens is 1. The highest BCUT2D eigenvalue weighted by Gasteiger charge is 2.04. The number of nitrogens with two attached hydrogens (primary N) is 1. The Bertz CT molecular complexity index is 433. The number of nitrogens with zero attached hydrogens (tertiary/aromatic N) is 2. The van der Waals surface area contributed by atoms with Crippen LogP contribution in [0.3, 0.4) is 0 Å². The molecule has 3 nitrogen and oxygen atoms in total. The Labute approximate surface area is 84.7 Å². The molecule has 2 aromatic rings. The summed E-state index contributed by atoms with van der Waals surface area (Å²) in [6, 6.07) is 4.04. The van der Waals surface area contributed by atoms with Crippen LogP contribution in [0.4, 0.5) is 0 Å². The molecule has 0 saturated heterocycles. The minimum Gasteiger partial charge on any atom is -0.317 e. The molecule has 0 saturated carbocycles. The fourth-order valence-corrected chi connectivity index (χ4v) is 1.69. The second-order valence-corrected chi connectivity index (χ2v) is 3.95. The molecule has 2 aromatic heterocycles. The molecule has 0 fully saturated rings. The van der Waals surface area contributed by atoms with Crippen molar-refractivity contribution in [1.82, 2.24) is 9.55 Å². The minimum atomic E-state index is -0.0359. The third-order valence-electron chi connectivity index (χ3n) is 1.96. The van der Waals surface area contributed by atoms with Crippen LogP contribution in [0, 0.1) is 0 Å². The second kappa shape index (κ2) is 3.12. The van der Waals surface area contributed by atoms with Gasteiger partial charge in [-0.25, -0.2) is 4.98 Å². The molecule has 0 aliphatic carbocycles. The van der Waals surface area contributed by atoms with Crippen LogP contribution in [0.1, 0.15) is 13.1 Å². The zero-order chi connectivity index (χ0) is 9.42. The van der Waals surface area contributed by atoms with Crippen molar-refractivity contribution in [1.29, 1.82) is 0 Å². The summed E-state index contributed by atoms with van der Waals surface area (Å²) in [5.41, 5.74) is 6.70. The highest BCUT2D eigenvalue weighted by molar-refractivity contribution is 9.10. The lowest BCUT2D eigenvalue weighted by Gasteiger charge is -2.07. The number of hydrogen-bond donors (Lipinski definition) is 1. The highest BCUT2D eigenvalue weighted by atomic mass is 79.9. The molecular weight excluding hydrogens is 230 g/mol. The number of fused-ring (bicyclic) bond motifs is 1. The van der Waals surface area contributed by atoms with E-state index in [0.717, 1.165) is 15.5 Å². The predicted molar refractivity (Wildman–Crippen MR) is 56.3 cm³/mol. The smallest absolute Gasteiger partial charge is 0.141 e. The summed E-state index contributed by atoms with van der Waals surface area (Å²) in [5.74, 6) is 0. The molecule has 0 amide bonds. The van der Waals surface area contributed by atoms with Crippen molar-refractivity contribution >= 4 is 27.0 Å². The first kappa shape index (κ1) is 8.72. The van der Waals surface area contributed by atoms with E-state index in [1.165, 1.54) is 0 Å². The van der Waals surface area contributed by atoms with Crippen molar-refractivity contribution < 1.29 is 0 Å². The molecule has 0 spiro atoms. The summed E-state index contributed by atoms with van der Waals surface area (Å²) in [7, 11) is 0. The van der Waals surface area contributed by atoms with Crippen LogP contribution in [-0.4, -0.2) is 9.55 Å². The van der Waals surface area contributed by atoms with Gasteiger partial charge >= 0.3 is 0 Å². The summed E-state index contributed by atoms with van der Waals surface area (Å²) in [4.78, 5) is 4.30. The van der Waals surface area contributed by atoms with Crippen molar-refractivity contribution in [3.05, 3.63) is 29.0 Å². The lowest BCUT2D eigenvalue weighted by atomic mass is 10.3. The van der Waals surface area contributed by atoms with Gasteiger partial charge in [-0.05, 0) is 35.0 Å². The molecule has 4 heteroatoms. The SMILES string of the molecule is CC(N)n1ccc2cc(Br)cnc21. The van der Waals surface area contributed by atoms with E-state index in [1.54, 1.807) is 6.20 Å². The molecule has 2 N–H and O–H groups in total. The van der Waals surface area contributed by atoms with Gasteiger partial charge in [0.2, 0.25) is 0 Å². The maximum Gasteiger partial charge on any atom is 0.141 e. The van der Waals surface area contributed by atoms with Gasteiger partial charge in [-0.3, -0.25) is 0 Å². The van der Waals surface area contributed by atoms with Crippen molar-refractivity contribution in [3.8, 4) is 0 Å². The Morgan fingerprint density at radius 1 is 1.62 bits per heavy atom. The fourth-order valence-electron chi connectivity index (χ4n) is 1.35. The quantitative estimate of drug-likeness (QED) is 0.830. The van der Waals surface area contributed by atoms with Crippen molar-refractivity contribution in [2.75, 3.05) is 0 Å². The predicted octanol–water partition coefficient (Wildman–Crippen LogP) is 2.28. The van der Waals surface area contributed by atoms with E-state index in [9.17, 15) is 0 Å². The van der Waals surface area contributed by atoms with Gasteiger partial charge in [0.15, 0.2) is 0 Å². The van der Waals surface area contributed by atoms with Gasteiger partial charge in [0.05, 0.1) is 6.17 Å². The van der Waals surface area contributed by atoms with Crippen molar-refractivity contribution in [3.63, 3.8) is 0 Å². The van der Waals surface area contributed by atoms with Crippen LogP contribution in [0.5, 0.6) is 0 Å². The van der Waals surface area contributed by atoms with Gasteiger partial charge in [-0.2, -0.15) is 0 Å². The molecule has 0 aliphatic heterocycles. The summed E-state index contributed by atoms with van der Waals surface area (Å²) in [6.07, 6.45) is 3.70. The van der Waals surface area contributed by atoms with E-state index in [0.29, 0.717) is 0 Å². The molecule has 0 aliphatic rings. The van der Waals surface area contributed by atoms with Crippen LogP contribution >= 0.6 is 15.9 Å². The summed E-state index contributed by atoms with van der Waals surface area (Å²) in [6.45, 7) is 1.93. The van der Waals surface area contributed by atoms with E-state index >= 15 is 0 Å². The molecule has 1 atom stereocenters. The average Bonchev–Trinajstić information content (AvgIpc) is 2.46. The second-order valence-electron chi connectivity index (χ2n) is 3.03. The average molecular weight is 240 g/mol. The van der Waals surface area contributed by atoms with Crippen LogP contribution in [0.15, 0.2) is 29.0 Å². The first-order valence-corrected chi connectivity index (χ1v) is 4.85. The van der Waals surface area contributed by atoms with Crippen molar-refractivity contribution in [2.45, 2.75) is 13.1 Å². The Kier molecular flexibility index (Phi) is 2.09. The maximum atomic E-state index is 5.77. The van der Waals surface area contributed by atoms with Crippen molar-refractivity contribution in [2.24, 2.45) is 5.73 Å². The Hall–Kier alpha value is -0.870. The Balaban J connectivity index is 2.69. The van der Waals surface area contributed by atoms with Gasteiger partial charge in [0.1, 0.15) is 5.65 Å². The standard InChI is InChI=1S/C9H10BrN3/c1-6(11)13-3-2-7-4-8(10)5-12-9(7)13/h2-6H,11H2,1H3. The summed E-state index contributed by atoms with van der Waals surface area (Å²) >= 11 is 3.38. The third kappa shape index (κ3) is 1.47. The van der Waals surface area contributed by atoms with E-state index in [2.05, 4.69) is 20.9 Å². The summed E-state index contributed by atoms with van der Waals surface area (Å²) < 4.78 is 2.93. The first-order chi connectivity index (χ1) is 6.18. The van der Waals surface area contributed by atoms with E-state index in [-0.39, 0.29) is 6.17 Å². The zero-order valence-corrected chi connectivity index (χ0v) is 8.82. The number of hydrogen-bond acceptors (Lipinski definition) is 2. The van der Waals surface area contributed by atoms with E-state index < -0.39 is 0 Å². The molecule has 1 unspecified atom stereocenters. The van der Waals surface area contributed by atoms with Crippen LogP contribution in [0.2, 0.25) is 0 Å². The monoisotopic (exact) mass is 239 g/mol. The molecule has 68 valence electrons. The van der Waals surface area contributed by atoms with Crippen LogP contribution in [0.25, 0.3) is 11.0 Å². The fraction of sp³-hybridized carbons (Fsp3) is 0.222. The van der Waals surface area contributed by atoms with Gasteiger partial charge in [-0.1, -0.05) is 0 Å². The van der Waals surface area contributed by atoms with Gasteiger partial charge in [0, 0.05) is 22.3 Å². The molecule has 0 bridgehead atoms. The summed E-state index contributed by atoms with van der Waals surface area (Å²) in [5, 5.41) is 1.10. The highest BCUT2D eigenvalue weighted by Crippen LogP contribution is 2.19. The normalized spacial score (nSPS) is 13.5. The zero-order valence-electron chi connectivity index (χ0n) is 7.24. The number of pyridine rings is 1. The Morgan fingerprint density at radius 2 is 2.38 bits per heavy atom. The minimum absolute atomic E-state index is 0.0359. The number of aromatic nitrogens is 2. The number of rotatable bonds is 1. The lowest BCUT2D eigenvalue weighted by Crippen LogP contribution is -2.13. The van der Waals surface area contributed by atoms with Gasteiger partial charge in [-0.15, -0.1) is 0 Å². The molecule has 2 heterocycles. The van der Waals surface area contributed by atoms with Crippen LogP contribution < -0.4 is 5.73 Å². The third-order valence-corrected chi connectivity index (χ3v) is 2.39. The largest absolute Gasteiger partial charge is 0.317 e. The first-order valence-electron chi connectivity index (χ1n) is 4.06. The molecular formula is C9H10BrN3. The topological polar surface area (TPSA) is 43.8 Å². The van der Waals surface area contributed by atoms with Gasteiger partial charge in [0.25, 0.3) is 0 Å². The molecule has 13 heavy (non-hydrogen) atoms. The Morgan fingerprint density at radius 3 is 3.08 bits per heavy atom. The maximum absolute atomic E-state index is 5.77.